The van der Waals surface area contributed by atoms with Gasteiger partial charge in [-0.15, -0.1) is 0 Å². The fourth-order valence-corrected chi connectivity index (χ4v) is 2.09. The van der Waals surface area contributed by atoms with Crippen molar-refractivity contribution < 1.29 is 4.74 Å². The van der Waals surface area contributed by atoms with Crippen molar-refractivity contribution in [1.82, 2.24) is 9.97 Å². The van der Waals surface area contributed by atoms with Gasteiger partial charge in [0.05, 0.1) is 6.10 Å². The summed E-state index contributed by atoms with van der Waals surface area (Å²) < 4.78 is 5.82. The maximum absolute atomic E-state index is 5.82. The average Bonchev–Trinajstić information content (AvgIpc) is 2.52. The van der Waals surface area contributed by atoms with E-state index >= 15 is 0 Å². The molecule has 4 nitrogen and oxygen atoms in total. The standard InChI is InChI=1S/C17H23N3O/c1-4-21-15(14-8-6-5-7-9-14)12-19-16-10-11-18-17(20-16)13(2)3/h5-11,13,15H,4,12H2,1-3H3,(H,18,19,20). The summed E-state index contributed by atoms with van der Waals surface area (Å²) in [7, 11) is 0. The van der Waals surface area contributed by atoms with Gasteiger partial charge in [0.1, 0.15) is 11.6 Å². The molecule has 0 radical (unpaired) electrons. The zero-order valence-electron chi connectivity index (χ0n) is 12.9. The van der Waals surface area contributed by atoms with Crippen LogP contribution in [-0.2, 0) is 4.74 Å². The molecule has 2 aromatic rings. The van der Waals surface area contributed by atoms with Gasteiger partial charge in [-0.2, -0.15) is 0 Å². The molecule has 1 heterocycles. The van der Waals surface area contributed by atoms with Crippen LogP contribution in [0.2, 0.25) is 0 Å². The van der Waals surface area contributed by atoms with E-state index in [2.05, 4.69) is 41.3 Å². The average molecular weight is 285 g/mol. The number of hydrogen-bond donors (Lipinski definition) is 1. The molecule has 1 atom stereocenters. The molecule has 1 aromatic carbocycles. The molecule has 1 aromatic heterocycles. The van der Waals surface area contributed by atoms with E-state index in [0.717, 1.165) is 11.6 Å². The normalized spacial score (nSPS) is 12.4. The Labute approximate surface area is 126 Å². The predicted molar refractivity (Wildman–Crippen MR) is 85.4 cm³/mol. The third-order valence-corrected chi connectivity index (χ3v) is 3.20. The topological polar surface area (TPSA) is 47.0 Å². The van der Waals surface area contributed by atoms with Crippen LogP contribution in [0.25, 0.3) is 0 Å². The van der Waals surface area contributed by atoms with Crippen LogP contribution in [0.4, 0.5) is 5.82 Å². The maximum atomic E-state index is 5.82. The van der Waals surface area contributed by atoms with E-state index in [1.54, 1.807) is 6.20 Å². The van der Waals surface area contributed by atoms with E-state index in [0.29, 0.717) is 19.1 Å². The molecule has 21 heavy (non-hydrogen) atoms. The quantitative estimate of drug-likeness (QED) is 0.840. The molecule has 0 bridgehead atoms. The number of nitrogens with one attached hydrogen (secondary N) is 1. The predicted octanol–water partition coefficient (Wildman–Crippen LogP) is 3.79. The summed E-state index contributed by atoms with van der Waals surface area (Å²) in [5.74, 6) is 2.02. The fraction of sp³-hybridized carbons (Fsp3) is 0.412. The molecule has 2 rings (SSSR count). The minimum absolute atomic E-state index is 0.0219. The van der Waals surface area contributed by atoms with E-state index < -0.39 is 0 Å². The Morgan fingerprint density at radius 1 is 1.14 bits per heavy atom. The summed E-state index contributed by atoms with van der Waals surface area (Å²) in [6, 6.07) is 12.1. The van der Waals surface area contributed by atoms with Gasteiger partial charge in [-0.25, -0.2) is 9.97 Å². The van der Waals surface area contributed by atoms with Crippen LogP contribution in [-0.4, -0.2) is 23.1 Å². The van der Waals surface area contributed by atoms with Gasteiger partial charge in [-0.3, -0.25) is 0 Å². The highest BCUT2D eigenvalue weighted by molar-refractivity contribution is 5.34. The lowest BCUT2D eigenvalue weighted by atomic mass is 10.1. The SMILES string of the molecule is CCOC(CNc1ccnc(C(C)C)n1)c1ccccc1. The minimum atomic E-state index is 0.0219. The van der Waals surface area contributed by atoms with Gasteiger partial charge in [0.15, 0.2) is 0 Å². The number of benzene rings is 1. The summed E-state index contributed by atoms with van der Waals surface area (Å²) >= 11 is 0. The number of rotatable bonds is 7. The van der Waals surface area contributed by atoms with E-state index in [1.807, 2.05) is 31.2 Å². The Bertz CT molecular complexity index is 543. The van der Waals surface area contributed by atoms with Gasteiger partial charge >= 0.3 is 0 Å². The van der Waals surface area contributed by atoms with Crippen molar-refractivity contribution in [1.29, 1.82) is 0 Å². The summed E-state index contributed by atoms with van der Waals surface area (Å²) in [5, 5.41) is 3.35. The molecular weight excluding hydrogens is 262 g/mol. The van der Waals surface area contributed by atoms with Gasteiger partial charge in [0, 0.05) is 25.3 Å². The molecular formula is C17H23N3O. The zero-order valence-corrected chi connectivity index (χ0v) is 12.9. The van der Waals surface area contributed by atoms with Crippen molar-refractivity contribution >= 4 is 5.82 Å². The van der Waals surface area contributed by atoms with Gasteiger partial charge in [-0.1, -0.05) is 44.2 Å². The lowest BCUT2D eigenvalue weighted by Crippen LogP contribution is -2.17. The number of nitrogens with zero attached hydrogens (tertiary/aromatic N) is 2. The van der Waals surface area contributed by atoms with Gasteiger partial charge < -0.3 is 10.1 Å². The Morgan fingerprint density at radius 2 is 1.90 bits per heavy atom. The minimum Gasteiger partial charge on any atom is -0.372 e. The lowest BCUT2D eigenvalue weighted by Gasteiger charge is -2.18. The molecule has 0 saturated heterocycles. The second kappa shape index (κ2) is 7.74. The number of hydrogen-bond acceptors (Lipinski definition) is 4. The number of aromatic nitrogens is 2. The van der Waals surface area contributed by atoms with Crippen LogP contribution in [0.1, 0.15) is 44.2 Å². The smallest absolute Gasteiger partial charge is 0.133 e. The maximum Gasteiger partial charge on any atom is 0.133 e. The van der Waals surface area contributed by atoms with E-state index in [1.165, 1.54) is 5.56 Å². The van der Waals surface area contributed by atoms with Crippen LogP contribution in [0.5, 0.6) is 0 Å². The third kappa shape index (κ3) is 4.53. The Kier molecular flexibility index (Phi) is 5.69. The molecule has 0 saturated carbocycles. The van der Waals surface area contributed by atoms with Crippen molar-refractivity contribution in [3.63, 3.8) is 0 Å². The highest BCUT2D eigenvalue weighted by atomic mass is 16.5. The number of ether oxygens (including phenoxy) is 1. The first kappa shape index (κ1) is 15.4. The highest BCUT2D eigenvalue weighted by Crippen LogP contribution is 2.18. The van der Waals surface area contributed by atoms with Crippen LogP contribution in [0, 0.1) is 0 Å². The highest BCUT2D eigenvalue weighted by Gasteiger charge is 2.11. The summed E-state index contributed by atoms with van der Waals surface area (Å²) in [5.41, 5.74) is 1.17. The van der Waals surface area contributed by atoms with Crippen molar-refractivity contribution in [2.24, 2.45) is 0 Å². The van der Waals surface area contributed by atoms with E-state index in [4.69, 9.17) is 4.74 Å². The Hall–Kier alpha value is -1.94. The van der Waals surface area contributed by atoms with Gasteiger partial charge in [0.2, 0.25) is 0 Å². The second-order valence-electron chi connectivity index (χ2n) is 5.19. The molecule has 0 amide bonds. The first-order chi connectivity index (χ1) is 10.2. The second-order valence-corrected chi connectivity index (χ2v) is 5.19. The van der Waals surface area contributed by atoms with Gasteiger partial charge in [0.25, 0.3) is 0 Å². The molecule has 0 aliphatic rings. The summed E-state index contributed by atoms with van der Waals surface area (Å²) in [6.45, 7) is 7.56. The Balaban J connectivity index is 2.03. The molecule has 0 aliphatic heterocycles. The van der Waals surface area contributed by atoms with E-state index in [9.17, 15) is 0 Å². The summed E-state index contributed by atoms with van der Waals surface area (Å²) in [6.07, 6.45) is 1.82. The molecule has 0 aliphatic carbocycles. The van der Waals surface area contributed by atoms with Crippen molar-refractivity contribution in [2.75, 3.05) is 18.5 Å². The largest absolute Gasteiger partial charge is 0.372 e. The first-order valence-corrected chi connectivity index (χ1v) is 7.44. The molecule has 112 valence electrons. The van der Waals surface area contributed by atoms with Crippen molar-refractivity contribution in [3.8, 4) is 0 Å². The molecule has 0 spiro atoms. The molecule has 0 fully saturated rings. The van der Waals surface area contributed by atoms with Crippen LogP contribution >= 0.6 is 0 Å². The third-order valence-electron chi connectivity index (χ3n) is 3.20. The van der Waals surface area contributed by atoms with Crippen LogP contribution in [0.3, 0.4) is 0 Å². The summed E-state index contributed by atoms with van der Waals surface area (Å²) in [4.78, 5) is 8.80. The van der Waals surface area contributed by atoms with Crippen molar-refractivity contribution in [3.05, 3.63) is 54.0 Å². The lowest BCUT2D eigenvalue weighted by molar-refractivity contribution is 0.0718. The molecule has 1 N–H and O–H groups in total. The Morgan fingerprint density at radius 3 is 2.57 bits per heavy atom. The van der Waals surface area contributed by atoms with Crippen LogP contribution < -0.4 is 5.32 Å². The monoisotopic (exact) mass is 285 g/mol. The molecule has 4 heteroatoms. The van der Waals surface area contributed by atoms with Crippen molar-refractivity contribution in [2.45, 2.75) is 32.8 Å². The zero-order chi connectivity index (χ0) is 15.1. The van der Waals surface area contributed by atoms with Crippen LogP contribution in [0.15, 0.2) is 42.6 Å². The van der Waals surface area contributed by atoms with E-state index in [-0.39, 0.29) is 6.10 Å². The van der Waals surface area contributed by atoms with Gasteiger partial charge in [-0.05, 0) is 18.6 Å². The fourth-order valence-electron chi connectivity index (χ4n) is 2.09. The first-order valence-electron chi connectivity index (χ1n) is 7.44. The molecule has 1 unspecified atom stereocenters. The number of anilines is 1.